The van der Waals surface area contributed by atoms with Crippen LogP contribution in [-0.2, 0) is 0 Å². The fraction of sp³-hybridized carbons (Fsp3) is 0. The number of benzene rings is 6. The number of fused-ring (bicyclic) bond motifs is 8. The van der Waals surface area contributed by atoms with E-state index >= 15 is 0 Å². The van der Waals surface area contributed by atoms with Gasteiger partial charge in [0.2, 0.25) is 0 Å². The maximum absolute atomic E-state index is 2.46. The van der Waals surface area contributed by atoms with Crippen LogP contribution in [0.4, 0.5) is 0 Å². The molecule has 0 amide bonds. The fourth-order valence-corrected chi connectivity index (χ4v) is 8.36. The van der Waals surface area contributed by atoms with Crippen molar-refractivity contribution < 1.29 is 0 Å². The van der Waals surface area contributed by atoms with Crippen molar-refractivity contribution in [2.24, 2.45) is 0 Å². The summed E-state index contributed by atoms with van der Waals surface area (Å²) in [6, 6.07) is 59.2. The first kappa shape index (κ1) is 25.5. The first-order valence-electron chi connectivity index (χ1n) is 15.6. The number of aromatic nitrogens is 3. The largest absolute Gasteiger partial charge is 0.309 e. The van der Waals surface area contributed by atoms with Crippen molar-refractivity contribution in [1.29, 1.82) is 0 Å². The van der Waals surface area contributed by atoms with Crippen molar-refractivity contribution in [3.8, 4) is 26.8 Å². The van der Waals surface area contributed by atoms with Gasteiger partial charge >= 0.3 is 0 Å². The van der Waals surface area contributed by atoms with Gasteiger partial charge in [0.25, 0.3) is 0 Å². The quantitative estimate of drug-likeness (QED) is 0.190. The second-order valence-corrected chi connectivity index (χ2v) is 12.9. The molecule has 0 N–H and O–H groups in total. The van der Waals surface area contributed by atoms with E-state index in [1.54, 1.807) is 0 Å². The smallest absolute Gasteiger partial charge is 0.132 e. The molecular weight excluding hydrogens is 579 g/mol. The normalized spacial score (nSPS) is 11.9. The van der Waals surface area contributed by atoms with Crippen LogP contribution in [0.15, 0.2) is 164 Å². The standard InChI is InChI=1S/C42H27N3S/c1-3-13-29(14-4-1)43-35-20-10-7-17-31(35)34-27-28(23-24-38(34)43)39-25-26-40(46-39)45-37-22-12-9-19-33(37)41-32-18-8-11-21-36(32)44(42(41)45)30-15-5-2-6-16-30/h1-27H. The summed E-state index contributed by atoms with van der Waals surface area (Å²) in [5.74, 6) is 0. The third-order valence-corrected chi connectivity index (χ3v) is 10.4. The molecule has 0 fully saturated rings. The number of hydrogen-bond donors (Lipinski definition) is 0. The van der Waals surface area contributed by atoms with Crippen LogP contribution < -0.4 is 0 Å². The molecule has 3 nitrogen and oxygen atoms in total. The van der Waals surface area contributed by atoms with E-state index in [0.717, 1.165) is 5.69 Å². The first-order valence-corrected chi connectivity index (χ1v) is 16.4. The molecule has 0 aliphatic heterocycles. The molecule has 0 saturated carbocycles. The summed E-state index contributed by atoms with van der Waals surface area (Å²) in [6.45, 7) is 0. The third kappa shape index (κ3) is 3.59. The summed E-state index contributed by atoms with van der Waals surface area (Å²) < 4.78 is 7.26. The topological polar surface area (TPSA) is 14.8 Å². The minimum Gasteiger partial charge on any atom is -0.309 e. The van der Waals surface area contributed by atoms with E-state index < -0.39 is 0 Å². The number of thiophene rings is 1. The molecule has 0 bridgehead atoms. The van der Waals surface area contributed by atoms with E-state index in [0.29, 0.717) is 0 Å². The second-order valence-electron chi connectivity index (χ2n) is 11.8. The van der Waals surface area contributed by atoms with E-state index in [2.05, 4.69) is 177 Å². The Morgan fingerprint density at radius 1 is 0.370 bits per heavy atom. The highest BCUT2D eigenvalue weighted by Gasteiger charge is 2.22. The van der Waals surface area contributed by atoms with Crippen LogP contribution >= 0.6 is 11.3 Å². The maximum Gasteiger partial charge on any atom is 0.132 e. The summed E-state index contributed by atoms with van der Waals surface area (Å²) in [7, 11) is 0. The molecule has 0 radical (unpaired) electrons. The van der Waals surface area contributed by atoms with E-state index in [-0.39, 0.29) is 0 Å². The van der Waals surface area contributed by atoms with Crippen LogP contribution in [0.3, 0.4) is 0 Å². The Kier molecular flexibility index (Phi) is 5.45. The Balaban J connectivity index is 1.21. The molecule has 216 valence electrons. The van der Waals surface area contributed by atoms with Gasteiger partial charge < -0.3 is 4.57 Å². The molecule has 4 heterocycles. The fourth-order valence-electron chi connectivity index (χ4n) is 7.34. The zero-order valence-corrected chi connectivity index (χ0v) is 25.7. The van der Waals surface area contributed by atoms with E-state index in [1.165, 1.54) is 75.8 Å². The summed E-state index contributed by atoms with van der Waals surface area (Å²) >= 11 is 1.85. The van der Waals surface area contributed by atoms with Crippen molar-refractivity contribution in [2.75, 3.05) is 0 Å². The molecule has 0 spiro atoms. The van der Waals surface area contributed by atoms with Gasteiger partial charge in [0, 0.05) is 43.2 Å². The lowest BCUT2D eigenvalue weighted by Crippen LogP contribution is -2.00. The summed E-state index contributed by atoms with van der Waals surface area (Å²) in [4.78, 5) is 1.25. The highest BCUT2D eigenvalue weighted by Crippen LogP contribution is 2.43. The third-order valence-electron chi connectivity index (χ3n) is 9.27. The Bertz CT molecular complexity index is 2740. The van der Waals surface area contributed by atoms with Gasteiger partial charge in [-0.25, -0.2) is 0 Å². The van der Waals surface area contributed by atoms with Gasteiger partial charge in [0.05, 0.1) is 22.1 Å². The number of para-hydroxylation sites is 5. The van der Waals surface area contributed by atoms with E-state index in [1.807, 2.05) is 11.3 Å². The Morgan fingerprint density at radius 2 is 0.891 bits per heavy atom. The second kappa shape index (κ2) is 9.83. The number of rotatable bonds is 4. The molecule has 46 heavy (non-hydrogen) atoms. The van der Waals surface area contributed by atoms with Gasteiger partial charge in [-0.15, -0.1) is 11.3 Å². The summed E-state index contributed by atoms with van der Waals surface area (Å²) in [6.07, 6.45) is 0. The molecule has 6 aromatic carbocycles. The molecule has 4 aromatic heterocycles. The molecule has 0 aliphatic rings. The monoisotopic (exact) mass is 605 g/mol. The molecule has 0 saturated heterocycles. The Labute approximate surface area is 269 Å². The number of hydrogen-bond acceptors (Lipinski definition) is 1. The van der Waals surface area contributed by atoms with Crippen molar-refractivity contribution in [1.82, 2.24) is 13.7 Å². The predicted octanol–water partition coefficient (Wildman–Crippen LogP) is 11.6. The SMILES string of the molecule is c1ccc(-n2c3ccccc3c3cc(-c4ccc(-n5c6ccccc6c6c7ccccc7n(-c7ccccc7)c65)s4)ccc32)cc1. The minimum atomic E-state index is 1.16. The van der Waals surface area contributed by atoms with Crippen LogP contribution in [0.2, 0.25) is 0 Å². The number of nitrogens with zero attached hydrogens (tertiary/aromatic N) is 3. The zero-order valence-electron chi connectivity index (χ0n) is 24.8. The highest BCUT2D eigenvalue weighted by molar-refractivity contribution is 7.18. The zero-order chi connectivity index (χ0) is 30.2. The van der Waals surface area contributed by atoms with Crippen molar-refractivity contribution in [3.63, 3.8) is 0 Å². The minimum absolute atomic E-state index is 1.16. The average Bonchev–Trinajstić information content (AvgIpc) is 3.88. The Morgan fingerprint density at radius 3 is 1.57 bits per heavy atom. The molecule has 10 rings (SSSR count). The van der Waals surface area contributed by atoms with Gasteiger partial charge in [-0.3, -0.25) is 9.13 Å². The first-order chi connectivity index (χ1) is 22.8. The lowest BCUT2D eigenvalue weighted by Gasteiger charge is -2.11. The lowest BCUT2D eigenvalue weighted by molar-refractivity contribution is 1.08. The average molecular weight is 606 g/mol. The molecule has 0 aliphatic carbocycles. The van der Waals surface area contributed by atoms with Crippen LogP contribution in [0.5, 0.6) is 0 Å². The van der Waals surface area contributed by atoms with Gasteiger partial charge in [0.1, 0.15) is 10.6 Å². The summed E-state index contributed by atoms with van der Waals surface area (Å²) in [5.41, 5.74) is 9.65. The predicted molar refractivity (Wildman–Crippen MR) is 195 cm³/mol. The molecule has 0 atom stereocenters. The lowest BCUT2D eigenvalue weighted by atomic mass is 10.1. The molecule has 10 aromatic rings. The van der Waals surface area contributed by atoms with Crippen molar-refractivity contribution in [3.05, 3.63) is 164 Å². The molecular formula is C42H27N3S. The molecule has 0 unspecified atom stereocenters. The molecule has 4 heteroatoms. The van der Waals surface area contributed by atoms with Crippen LogP contribution in [0, 0.1) is 0 Å². The van der Waals surface area contributed by atoms with Gasteiger partial charge in [0.15, 0.2) is 0 Å². The van der Waals surface area contributed by atoms with Gasteiger partial charge in [-0.2, -0.15) is 0 Å². The highest BCUT2D eigenvalue weighted by atomic mass is 32.1. The van der Waals surface area contributed by atoms with Gasteiger partial charge in [-0.05, 0) is 72.3 Å². The Hall–Kier alpha value is -5.84. The van der Waals surface area contributed by atoms with Crippen LogP contribution in [0.1, 0.15) is 0 Å². The maximum atomic E-state index is 2.46. The van der Waals surface area contributed by atoms with Crippen molar-refractivity contribution in [2.45, 2.75) is 0 Å². The van der Waals surface area contributed by atoms with Crippen LogP contribution in [-0.4, -0.2) is 13.7 Å². The van der Waals surface area contributed by atoms with Crippen LogP contribution in [0.25, 0.3) is 81.5 Å². The van der Waals surface area contributed by atoms with E-state index in [9.17, 15) is 0 Å². The summed E-state index contributed by atoms with van der Waals surface area (Å²) in [5, 5.41) is 7.57. The van der Waals surface area contributed by atoms with Gasteiger partial charge in [-0.1, -0.05) is 97.1 Å². The van der Waals surface area contributed by atoms with Crippen molar-refractivity contribution >= 4 is 66.0 Å². The van der Waals surface area contributed by atoms with E-state index in [4.69, 9.17) is 0 Å².